The summed E-state index contributed by atoms with van der Waals surface area (Å²) < 4.78 is 11.8. The quantitative estimate of drug-likeness (QED) is 0.456. The average Bonchev–Trinajstić information content (AvgIpc) is 2.81. The van der Waals surface area contributed by atoms with E-state index < -0.39 is 0 Å². The topological polar surface area (TPSA) is 18.5 Å². The highest BCUT2D eigenvalue weighted by atomic mass is 16.5. The van der Waals surface area contributed by atoms with Gasteiger partial charge in [-0.1, -0.05) is 69.5 Å². The van der Waals surface area contributed by atoms with E-state index in [1.165, 1.54) is 66.3 Å². The van der Waals surface area contributed by atoms with Crippen molar-refractivity contribution in [2.45, 2.75) is 77.9 Å². The van der Waals surface area contributed by atoms with Gasteiger partial charge in [-0.05, 0) is 83.7 Å². The SMILES string of the molecule is CCCc1ccc(-c2ccc(C3CCC(C4CCC(C)CC4)CO3)cc2)cc1COC. The number of methoxy groups -OCH3 is 1. The summed E-state index contributed by atoms with van der Waals surface area (Å²) in [4.78, 5) is 0. The van der Waals surface area contributed by atoms with Crippen LogP contribution in [0.5, 0.6) is 0 Å². The molecule has 2 nitrogen and oxygen atoms in total. The molecule has 4 rings (SSSR count). The van der Waals surface area contributed by atoms with E-state index in [9.17, 15) is 0 Å². The van der Waals surface area contributed by atoms with Gasteiger partial charge in [0.2, 0.25) is 0 Å². The molecule has 2 heteroatoms. The number of benzene rings is 2. The number of hydrogen-bond acceptors (Lipinski definition) is 2. The van der Waals surface area contributed by atoms with Crippen LogP contribution in [0, 0.1) is 17.8 Å². The van der Waals surface area contributed by atoms with Crippen LogP contribution < -0.4 is 0 Å². The summed E-state index contributed by atoms with van der Waals surface area (Å²) in [5.74, 6) is 2.61. The lowest BCUT2D eigenvalue weighted by Crippen LogP contribution is -2.29. The molecule has 0 radical (unpaired) electrons. The normalized spacial score (nSPS) is 26.7. The van der Waals surface area contributed by atoms with Gasteiger partial charge >= 0.3 is 0 Å². The highest BCUT2D eigenvalue weighted by molar-refractivity contribution is 5.65. The Bertz CT molecular complexity index is 809. The van der Waals surface area contributed by atoms with Gasteiger partial charge in [-0.15, -0.1) is 0 Å². The average molecular weight is 421 g/mol. The summed E-state index contributed by atoms with van der Waals surface area (Å²) in [5.41, 5.74) is 6.59. The van der Waals surface area contributed by atoms with Gasteiger partial charge in [-0.3, -0.25) is 0 Å². The van der Waals surface area contributed by atoms with Gasteiger partial charge in [-0.2, -0.15) is 0 Å². The van der Waals surface area contributed by atoms with Crippen LogP contribution in [0.4, 0.5) is 0 Å². The first-order chi connectivity index (χ1) is 15.2. The number of hydrogen-bond donors (Lipinski definition) is 0. The molecule has 0 aromatic heterocycles. The van der Waals surface area contributed by atoms with Crippen LogP contribution in [0.2, 0.25) is 0 Å². The van der Waals surface area contributed by atoms with Gasteiger partial charge in [0.15, 0.2) is 0 Å². The zero-order chi connectivity index (χ0) is 21.6. The predicted octanol–water partition coefficient (Wildman–Crippen LogP) is 7.75. The maximum atomic E-state index is 6.38. The Morgan fingerprint density at radius 1 is 0.839 bits per heavy atom. The third-order valence-electron chi connectivity index (χ3n) is 7.68. The lowest BCUT2D eigenvalue weighted by Gasteiger charge is -2.37. The third kappa shape index (κ3) is 5.59. The van der Waals surface area contributed by atoms with Crippen molar-refractivity contribution < 1.29 is 9.47 Å². The molecule has 2 aliphatic rings. The highest BCUT2D eigenvalue weighted by Crippen LogP contribution is 2.40. The van der Waals surface area contributed by atoms with E-state index >= 15 is 0 Å². The van der Waals surface area contributed by atoms with Crippen molar-refractivity contribution in [3.8, 4) is 11.1 Å². The van der Waals surface area contributed by atoms with Gasteiger partial charge in [0.25, 0.3) is 0 Å². The Morgan fingerprint density at radius 3 is 2.19 bits per heavy atom. The van der Waals surface area contributed by atoms with Crippen molar-refractivity contribution in [3.63, 3.8) is 0 Å². The molecule has 2 unspecified atom stereocenters. The van der Waals surface area contributed by atoms with Gasteiger partial charge in [0.05, 0.1) is 19.3 Å². The van der Waals surface area contributed by atoms with Crippen molar-refractivity contribution in [1.82, 2.24) is 0 Å². The Kier molecular flexibility index (Phi) is 7.85. The second-order valence-electron chi connectivity index (χ2n) is 9.97. The number of aryl methyl sites for hydroxylation is 1. The van der Waals surface area contributed by atoms with Gasteiger partial charge < -0.3 is 9.47 Å². The lowest BCUT2D eigenvalue weighted by atomic mass is 9.74. The largest absolute Gasteiger partial charge is 0.380 e. The smallest absolute Gasteiger partial charge is 0.0825 e. The minimum atomic E-state index is 0.267. The van der Waals surface area contributed by atoms with Gasteiger partial charge in [0, 0.05) is 7.11 Å². The predicted molar refractivity (Wildman–Crippen MR) is 129 cm³/mol. The van der Waals surface area contributed by atoms with E-state index in [0.717, 1.165) is 37.2 Å². The molecule has 0 amide bonds. The zero-order valence-electron chi connectivity index (χ0n) is 19.7. The molecule has 1 saturated heterocycles. The molecule has 2 aromatic carbocycles. The summed E-state index contributed by atoms with van der Waals surface area (Å²) in [5, 5.41) is 0. The molecule has 2 aromatic rings. The van der Waals surface area contributed by atoms with E-state index in [1.54, 1.807) is 7.11 Å². The minimum absolute atomic E-state index is 0.267. The summed E-state index contributed by atoms with van der Waals surface area (Å²) >= 11 is 0. The maximum absolute atomic E-state index is 6.38. The minimum Gasteiger partial charge on any atom is -0.380 e. The third-order valence-corrected chi connectivity index (χ3v) is 7.68. The summed E-state index contributed by atoms with van der Waals surface area (Å²) in [6.45, 7) is 6.27. The van der Waals surface area contributed by atoms with Crippen LogP contribution in [0.25, 0.3) is 11.1 Å². The molecular formula is C29H40O2. The maximum Gasteiger partial charge on any atom is 0.0825 e. The molecule has 2 atom stereocenters. The second-order valence-corrected chi connectivity index (χ2v) is 9.97. The van der Waals surface area contributed by atoms with E-state index in [4.69, 9.17) is 9.47 Å². The zero-order valence-corrected chi connectivity index (χ0v) is 19.7. The fraction of sp³-hybridized carbons (Fsp3) is 0.586. The van der Waals surface area contributed by atoms with Crippen molar-refractivity contribution >= 4 is 0 Å². The molecule has 31 heavy (non-hydrogen) atoms. The fourth-order valence-electron chi connectivity index (χ4n) is 5.66. The monoisotopic (exact) mass is 420 g/mol. The standard InChI is InChI=1S/C29H40O2/c1-4-5-22-12-15-26(18-28(22)19-30-3)23-10-13-25(14-11-23)29-17-16-27(20-31-29)24-8-6-21(2)7-9-24/h10-15,18,21,24,27,29H,4-9,16-17,19-20H2,1-3H3. The van der Waals surface area contributed by atoms with Crippen molar-refractivity contribution in [1.29, 1.82) is 0 Å². The van der Waals surface area contributed by atoms with Crippen LogP contribution >= 0.6 is 0 Å². The van der Waals surface area contributed by atoms with Crippen LogP contribution in [0.3, 0.4) is 0 Å². The van der Waals surface area contributed by atoms with E-state index in [2.05, 4.69) is 56.3 Å². The Balaban J connectivity index is 1.38. The molecular weight excluding hydrogens is 380 g/mol. The molecule has 0 spiro atoms. The van der Waals surface area contributed by atoms with E-state index in [0.29, 0.717) is 6.61 Å². The first kappa shape index (κ1) is 22.6. The summed E-state index contributed by atoms with van der Waals surface area (Å²) in [7, 11) is 1.78. The number of rotatable bonds is 7. The van der Waals surface area contributed by atoms with Crippen LogP contribution in [-0.4, -0.2) is 13.7 Å². The molecule has 1 heterocycles. The van der Waals surface area contributed by atoms with Crippen LogP contribution in [-0.2, 0) is 22.5 Å². The lowest BCUT2D eigenvalue weighted by molar-refractivity contribution is -0.0400. The van der Waals surface area contributed by atoms with E-state index in [-0.39, 0.29) is 6.10 Å². The summed E-state index contributed by atoms with van der Waals surface area (Å²) in [6.07, 6.45) is 10.7. The molecule has 0 N–H and O–H groups in total. The summed E-state index contributed by atoms with van der Waals surface area (Å²) in [6, 6.07) is 15.9. The Hall–Kier alpha value is -1.64. The second kappa shape index (κ2) is 10.8. The highest BCUT2D eigenvalue weighted by Gasteiger charge is 2.30. The van der Waals surface area contributed by atoms with E-state index in [1.807, 2.05) is 0 Å². The molecule has 2 fully saturated rings. The Labute approximate surface area is 189 Å². The molecule has 0 bridgehead atoms. The molecule has 1 aliphatic heterocycles. The van der Waals surface area contributed by atoms with Crippen LogP contribution in [0.15, 0.2) is 42.5 Å². The van der Waals surface area contributed by atoms with Crippen molar-refractivity contribution in [3.05, 3.63) is 59.2 Å². The molecule has 1 aliphatic carbocycles. The van der Waals surface area contributed by atoms with Crippen LogP contribution in [0.1, 0.15) is 81.6 Å². The van der Waals surface area contributed by atoms with Crippen molar-refractivity contribution in [2.75, 3.05) is 13.7 Å². The van der Waals surface area contributed by atoms with Gasteiger partial charge in [-0.25, -0.2) is 0 Å². The fourth-order valence-corrected chi connectivity index (χ4v) is 5.66. The molecule has 1 saturated carbocycles. The molecule has 168 valence electrons. The number of ether oxygens (including phenoxy) is 2. The first-order valence-corrected chi connectivity index (χ1v) is 12.5. The van der Waals surface area contributed by atoms with Gasteiger partial charge in [0.1, 0.15) is 0 Å². The first-order valence-electron chi connectivity index (χ1n) is 12.5. The van der Waals surface area contributed by atoms with Crippen molar-refractivity contribution in [2.24, 2.45) is 17.8 Å². The Morgan fingerprint density at radius 2 is 1.55 bits per heavy atom.